The van der Waals surface area contributed by atoms with Gasteiger partial charge in [-0.15, -0.1) is 5.10 Å². The Morgan fingerprint density at radius 1 is 1.13 bits per heavy atom. The fourth-order valence-corrected chi connectivity index (χ4v) is 3.10. The Balaban J connectivity index is 1.75. The molecule has 5 rings (SSSR count). The lowest BCUT2D eigenvalue weighted by Gasteiger charge is -2.02. The van der Waals surface area contributed by atoms with E-state index in [1.807, 2.05) is 23.0 Å². The van der Waals surface area contributed by atoms with Gasteiger partial charge in [0.05, 0.1) is 28.3 Å². The minimum absolute atomic E-state index is 0.230. The molecule has 0 spiro atoms. The summed E-state index contributed by atoms with van der Waals surface area (Å²) in [5.41, 5.74) is 2.13. The van der Waals surface area contributed by atoms with Crippen molar-refractivity contribution in [2.75, 3.05) is 0 Å². The molecule has 0 atom stereocenters. The van der Waals surface area contributed by atoms with E-state index >= 15 is 0 Å². The number of aromatic nitrogens is 6. The number of fused-ring (bicyclic) bond motifs is 3. The quantitative estimate of drug-likeness (QED) is 0.519. The number of para-hydroxylation sites is 1. The fraction of sp³-hybridized carbons (Fsp3) is 0.200. The molecule has 1 aliphatic carbocycles. The summed E-state index contributed by atoms with van der Waals surface area (Å²) in [7, 11) is 0. The second-order valence-electron chi connectivity index (χ2n) is 5.63. The van der Waals surface area contributed by atoms with Crippen LogP contribution in [0.3, 0.4) is 0 Å². The molecule has 0 N–H and O–H groups in total. The van der Waals surface area contributed by atoms with Crippen LogP contribution in [0.2, 0.25) is 10.3 Å². The van der Waals surface area contributed by atoms with Crippen LogP contribution in [0.25, 0.3) is 27.9 Å². The lowest BCUT2D eigenvalue weighted by molar-refractivity contribution is 0.642. The molecule has 114 valence electrons. The number of halogens is 2. The van der Waals surface area contributed by atoms with Crippen LogP contribution in [-0.2, 0) is 0 Å². The molecule has 4 aromatic rings. The van der Waals surface area contributed by atoms with Crippen molar-refractivity contribution in [2.45, 2.75) is 18.9 Å². The van der Waals surface area contributed by atoms with Crippen molar-refractivity contribution in [3.05, 3.63) is 40.9 Å². The van der Waals surface area contributed by atoms with Crippen LogP contribution in [0.15, 0.2) is 30.6 Å². The SMILES string of the molecule is Clc1cccc2c1nc(Cl)n1nc(-c3cnn(C4CC4)c3)nc21. The smallest absolute Gasteiger partial charge is 0.226 e. The summed E-state index contributed by atoms with van der Waals surface area (Å²) in [6, 6.07) is 6.07. The second kappa shape index (κ2) is 4.66. The third-order valence-electron chi connectivity index (χ3n) is 3.99. The molecule has 3 heterocycles. The first-order chi connectivity index (χ1) is 11.2. The van der Waals surface area contributed by atoms with Crippen molar-refractivity contribution >= 4 is 39.8 Å². The van der Waals surface area contributed by atoms with Gasteiger partial charge in [-0.1, -0.05) is 17.7 Å². The number of benzene rings is 1. The Hall–Kier alpha value is -2.18. The van der Waals surface area contributed by atoms with Crippen LogP contribution < -0.4 is 0 Å². The maximum Gasteiger partial charge on any atom is 0.226 e. The monoisotopic (exact) mass is 344 g/mol. The van der Waals surface area contributed by atoms with Gasteiger partial charge in [0, 0.05) is 11.6 Å². The molecule has 0 amide bonds. The van der Waals surface area contributed by atoms with E-state index < -0.39 is 0 Å². The predicted octanol–water partition coefficient (Wildman–Crippen LogP) is 3.78. The molecule has 1 fully saturated rings. The Morgan fingerprint density at radius 2 is 2.00 bits per heavy atom. The molecule has 0 bridgehead atoms. The van der Waals surface area contributed by atoms with E-state index in [-0.39, 0.29) is 5.28 Å². The van der Waals surface area contributed by atoms with Crippen LogP contribution in [0.1, 0.15) is 18.9 Å². The Morgan fingerprint density at radius 3 is 2.83 bits per heavy atom. The number of rotatable bonds is 2. The number of nitrogens with zero attached hydrogens (tertiary/aromatic N) is 6. The van der Waals surface area contributed by atoms with Gasteiger partial charge in [-0.3, -0.25) is 4.68 Å². The van der Waals surface area contributed by atoms with Crippen molar-refractivity contribution in [2.24, 2.45) is 0 Å². The third-order valence-corrected chi connectivity index (χ3v) is 4.54. The summed E-state index contributed by atoms with van der Waals surface area (Å²) in [5, 5.41) is 10.4. The lowest BCUT2D eigenvalue weighted by atomic mass is 10.2. The van der Waals surface area contributed by atoms with Crippen molar-refractivity contribution in [1.82, 2.24) is 29.4 Å². The molecular formula is C15H10Cl2N6. The highest BCUT2D eigenvalue weighted by molar-refractivity contribution is 6.36. The van der Waals surface area contributed by atoms with E-state index in [1.54, 1.807) is 12.3 Å². The lowest BCUT2D eigenvalue weighted by Crippen LogP contribution is -1.95. The van der Waals surface area contributed by atoms with Gasteiger partial charge in [-0.25, -0.2) is 9.97 Å². The molecule has 1 saturated carbocycles. The highest BCUT2D eigenvalue weighted by Crippen LogP contribution is 2.35. The Kier molecular flexibility index (Phi) is 2.69. The molecular weight excluding hydrogens is 335 g/mol. The standard InChI is InChI=1S/C15H10Cl2N6/c16-11-3-1-2-10-12(11)19-15(17)23-14(10)20-13(21-23)8-6-18-22(7-8)9-4-5-9/h1-3,6-7,9H,4-5H2. The van der Waals surface area contributed by atoms with E-state index in [1.165, 1.54) is 17.4 Å². The molecule has 1 aliphatic rings. The van der Waals surface area contributed by atoms with Crippen molar-refractivity contribution in [3.63, 3.8) is 0 Å². The minimum Gasteiger partial charge on any atom is -0.269 e. The molecule has 0 radical (unpaired) electrons. The number of hydrogen-bond acceptors (Lipinski definition) is 4. The molecule has 6 nitrogen and oxygen atoms in total. The zero-order chi connectivity index (χ0) is 15.6. The van der Waals surface area contributed by atoms with Crippen molar-refractivity contribution < 1.29 is 0 Å². The van der Waals surface area contributed by atoms with Crippen molar-refractivity contribution in [1.29, 1.82) is 0 Å². The fourth-order valence-electron chi connectivity index (χ4n) is 2.68. The summed E-state index contributed by atoms with van der Waals surface area (Å²) in [4.78, 5) is 8.95. The summed E-state index contributed by atoms with van der Waals surface area (Å²) in [6.07, 6.45) is 6.11. The van der Waals surface area contributed by atoms with Crippen LogP contribution in [0.4, 0.5) is 0 Å². The molecule has 3 aromatic heterocycles. The van der Waals surface area contributed by atoms with Gasteiger partial charge >= 0.3 is 0 Å². The third kappa shape index (κ3) is 2.02. The highest BCUT2D eigenvalue weighted by atomic mass is 35.5. The maximum atomic E-state index is 6.24. The molecule has 0 saturated heterocycles. The molecule has 0 unspecified atom stereocenters. The molecule has 23 heavy (non-hydrogen) atoms. The zero-order valence-corrected chi connectivity index (χ0v) is 13.3. The minimum atomic E-state index is 0.230. The van der Waals surface area contributed by atoms with E-state index in [9.17, 15) is 0 Å². The van der Waals surface area contributed by atoms with Crippen molar-refractivity contribution in [3.8, 4) is 11.4 Å². The Labute approximate surface area is 140 Å². The molecule has 0 aliphatic heterocycles. The van der Waals surface area contributed by atoms with Gasteiger partial charge in [-0.05, 0) is 36.6 Å². The summed E-state index contributed by atoms with van der Waals surface area (Å²) in [6.45, 7) is 0. The van der Waals surface area contributed by atoms with Gasteiger partial charge in [-0.2, -0.15) is 9.61 Å². The summed E-state index contributed by atoms with van der Waals surface area (Å²) >= 11 is 12.5. The van der Waals surface area contributed by atoms with Gasteiger partial charge < -0.3 is 0 Å². The molecule has 1 aromatic carbocycles. The Bertz CT molecular complexity index is 1060. The first-order valence-electron chi connectivity index (χ1n) is 7.26. The number of hydrogen-bond donors (Lipinski definition) is 0. The van der Waals surface area contributed by atoms with Crippen LogP contribution >= 0.6 is 23.2 Å². The van der Waals surface area contributed by atoms with Gasteiger partial charge in [0.2, 0.25) is 5.28 Å². The summed E-state index contributed by atoms with van der Waals surface area (Å²) < 4.78 is 3.50. The van der Waals surface area contributed by atoms with Crippen LogP contribution in [0, 0.1) is 0 Å². The van der Waals surface area contributed by atoms with E-state index in [0.717, 1.165) is 10.9 Å². The first kappa shape index (κ1) is 13.3. The average molecular weight is 345 g/mol. The van der Waals surface area contributed by atoms with E-state index in [4.69, 9.17) is 23.2 Å². The first-order valence-corrected chi connectivity index (χ1v) is 8.01. The maximum absolute atomic E-state index is 6.24. The van der Waals surface area contributed by atoms with E-state index in [0.29, 0.717) is 28.1 Å². The normalized spacial score (nSPS) is 14.9. The molecule has 8 heteroatoms. The topological polar surface area (TPSA) is 60.9 Å². The largest absolute Gasteiger partial charge is 0.269 e. The van der Waals surface area contributed by atoms with Crippen LogP contribution in [0.5, 0.6) is 0 Å². The predicted molar refractivity (Wildman–Crippen MR) is 87.8 cm³/mol. The highest BCUT2D eigenvalue weighted by Gasteiger charge is 2.25. The second-order valence-corrected chi connectivity index (χ2v) is 6.37. The summed E-state index contributed by atoms with van der Waals surface area (Å²) in [5.74, 6) is 0.577. The average Bonchev–Trinajstić information content (AvgIpc) is 3.11. The van der Waals surface area contributed by atoms with Crippen LogP contribution in [-0.4, -0.2) is 29.4 Å². The van der Waals surface area contributed by atoms with Gasteiger partial charge in [0.25, 0.3) is 0 Å². The van der Waals surface area contributed by atoms with E-state index in [2.05, 4.69) is 20.2 Å². The zero-order valence-electron chi connectivity index (χ0n) is 11.8. The van der Waals surface area contributed by atoms with Gasteiger partial charge in [0.1, 0.15) is 0 Å². The van der Waals surface area contributed by atoms with Gasteiger partial charge in [0.15, 0.2) is 11.5 Å².